The first-order chi connectivity index (χ1) is 8.31. The predicted molar refractivity (Wildman–Crippen MR) is 69.8 cm³/mol. The third-order valence-corrected chi connectivity index (χ3v) is 2.17. The first-order valence-electron chi connectivity index (χ1n) is 5.86. The van der Waals surface area contributed by atoms with E-state index < -0.39 is 6.10 Å². The summed E-state index contributed by atoms with van der Waals surface area (Å²) >= 11 is 0. The van der Waals surface area contributed by atoms with E-state index in [1.54, 1.807) is 31.2 Å². The maximum atomic E-state index is 11.8. The van der Waals surface area contributed by atoms with Crippen LogP contribution in [0.3, 0.4) is 0 Å². The quantitative estimate of drug-likeness (QED) is 0.832. The van der Waals surface area contributed by atoms with Crippen molar-refractivity contribution >= 4 is 12.2 Å². The van der Waals surface area contributed by atoms with Gasteiger partial charge >= 0.3 is 0 Å². The fourth-order valence-corrected chi connectivity index (χ4v) is 1.39. The standard InChI is InChI=1S/C14H19NO3/c1-10(13(17)15-14(2,3)4)18-12-7-5-6-11(8-12)9-16/h5-10H,1-4H3,(H,15,17). The first kappa shape index (κ1) is 14.2. The molecule has 0 bridgehead atoms. The highest BCUT2D eigenvalue weighted by Gasteiger charge is 2.20. The van der Waals surface area contributed by atoms with Gasteiger partial charge in [0.2, 0.25) is 0 Å². The van der Waals surface area contributed by atoms with Gasteiger partial charge in [-0.25, -0.2) is 0 Å². The molecule has 98 valence electrons. The zero-order valence-corrected chi connectivity index (χ0v) is 11.2. The van der Waals surface area contributed by atoms with Crippen LogP contribution in [0.1, 0.15) is 38.1 Å². The maximum absolute atomic E-state index is 11.8. The molecule has 1 aromatic rings. The summed E-state index contributed by atoms with van der Waals surface area (Å²) in [6, 6.07) is 6.72. The average molecular weight is 249 g/mol. The lowest BCUT2D eigenvalue weighted by molar-refractivity contribution is -0.128. The van der Waals surface area contributed by atoms with Crippen LogP contribution in [0.5, 0.6) is 5.75 Å². The molecule has 1 unspecified atom stereocenters. The number of benzene rings is 1. The minimum absolute atomic E-state index is 0.181. The number of amides is 1. The van der Waals surface area contributed by atoms with Crippen LogP contribution in [-0.4, -0.2) is 23.8 Å². The van der Waals surface area contributed by atoms with E-state index in [4.69, 9.17) is 4.74 Å². The summed E-state index contributed by atoms with van der Waals surface area (Å²) in [6.45, 7) is 7.40. The Morgan fingerprint density at radius 3 is 2.61 bits per heavy atom. The van der Waals surface area contributed by atoms with E-state index in [1.165, 1.54) is 0 Å². The molecule has 0 aromatic heterocycles. The lowest BCUT2D eigenvalue weighted by Gasteiger charge is -2.23. The number of carbonyl (C=O) groups is 2. The van der Waals surface area contributed by atoms with Gasteiger partial charge in [0.1, 0.15) is 12.0 Å². The number of ether oxygens (including phenoxy) is 1. The van der Waals surface area contributed by atoms with Gasteiger partial charge in [0.15, 0.2) is 6.10 Å². The highest BCUT2D eigenvalue weighted by atomic mass is 16.5. The van der Waals surface area contributed by atoms with E-state index in [0.717, 1.165) is 6.29 Å². The molecule has 4 heteroatoms. The molecule has 1 amide bonds. The molecule has 0 aliphatic rings. The largest absolute Gasteiger partial charge is 0.481 e. The predicted octanol–water partition coefficient (Wildman–Crippen LogP) is 2.18. The maximum Gasteiger partial charge on any atom is 0.261 e. The Hall–Kier alpha value is -1.84. The topological polar surface area (TPSA) is 55.4 Å². The zero-order chi connectivity index (χ0) is 13.8. The Morgan fingerprint density at radius 2 is 2.06 bits per heavy atom. The van der Waals surface area contributed by atoms with Gasteiger partial charge in [-0.05, 0) is 39.8 Å². The summed E-state index contributed by atoms with van der Waals surface area (Å²) in [5, 5.41) is 2.83. The SMILES string of the molecule is CC(Oc1cccc(C=O)c1)C(=O)NC(C)(C)C. The fraction of sp³-hybridized carbons (Fsp3) is 0.429. The molecule has 0 spiro atoms. The van der Waals surface area contributed by atoms with Crippen LogP contribution in [0.25, 0.3) is 0 Å². The molecule has 1 rings (SSSR count). The lowest BCUT2D eigenvalue weighted by atomic mass is 10.1. The molecule has 0 saturated heterocycles. The molecule has 0 heterocycles. The Balaban J connectivity index is 2.66. The number of hydrogen-bond acceptors (Lipinski definition) is 3. The molecule has 0 radical (unpaired) electrons. The van der Waals surface area contributed by atoms with Gasteiger partial charge in [-0.1, -0.05) is 12.1 Å². The Bertz CT molecular complexity index is 435. The summed E-state index contributed by atoms with van der Waals surface area (Å²) in [5.74, 6) is 0.329. The van der Waals surface area contributed by atoms with Crippen LogP contribution in [0.2, 0.25) is 0 Å². The van der Waals surface area contributed by atoms with E-state index in [-0.39, 0.29) is 11.4 Å². The number of rotatable bonds is 4. The van der Waals surface area contributed by atoms with Crippen molar-refractivity contribution in [3.8, 4) is 5.75 Å². The molecule has 1 atom stereocenters. The number of carbonyl (C=O) groups excluding carboxylic acids is 2. The second-order valence-electron chi connectivity index (χ2n) is 5.19. The first-order valence-corrected chi connectivity index (χ1v) is 5.86. The van der Waals surface area contributed by atoms with Gasteiger partial charge in [0.05, 0.1) is 0 Å². The molecule has 4 nitrogen and oxygen atoms in total. The summed E-state index contributed by atoms with van der Waals surface area (Å²) in [7, 11) is 0. The second kappa shape index (κ2) is 5.67. The zero-order valence-electron chi connectivity index (χ0n) is 11.2. The van der Waals surface area contributed by atoms with E-state index in [9.17, 15) is 9.59 Å². The van der Waals surface area contributed by atoms with E-state index >= 15 is 0 Å². The molecular formula is C14H19NO3. The van der Waals surface area contributed by atoms with Gasteiger partial charge in [-0.15, -0.1) is 0 Å². The summed E-state index contributed by atoms with van der Waals surface area (Å²) in [4.78, 5) is 22.4. The minimum Gasteiger partial charge on any atom is -0.481 e. The number of aldehydes is 1. The molecule has 0 aliphatic carbocycles. The van der Waals surface area contributed by atoms with Crippen LogP contribution in [0, 0.1) is 0 Å². The van der Waals surface area contributed by atoms with Gasteiger partial charge in [0, 0.05) is 11.1 Å². The Morgan fingerprint density at radius 1 is 1.39 bits per heavy atom. The van der Waals surface area contributed by atoms with Crippen molar-refractivity contribution in [2.24, 2.45) is 0 Å². The third-order valence-electron chi connectivity index (χ3n) is 2.17. The summed E-state index contributed by atoms with van der Waals surface area (Å²) in [5.41, 5.74) is 0.232. The third kappa shape index (κ3) is 4.57. The number of nitrogens with one attached hydrogen (secondary N) is 1. The Kier molecular flexibility index (Phi) is 4.48. The van der Waals surface area contributed by atoms with Crippen molar-refractivity contribution in [1.82, 2.24) is 5.32 Å². The van der Waals surface area contributed by atoms with Crippen molar-refractivity contribution in [2.45, 2.75) is 39.3 Å². The minimum atomic E-state index is -0.605. The molecule has 0 fully saturated rings. The second-order valence-corrected chi connectivity index (χ2v) is 5.19. The van der Waals surface area contributed by atoms with E-state index in [1.807, 2.05) is 20.8 Å². The molecule has 1 N–H and O–H groups in total. The Labute approximate surface area is 107 Å². The van der Waals surface area contributed by atoms with Gasteiger partial charge in [0.25, 0.3) is 5.91 Å². The van der Waals surface area contributed by atoms with Gasteiger partial charge in [-0.3, -0.25) is 9.59 Å². The monoisotopic (exact) mass is 249 g/mol. The van der Waals surface area contributed by atoms with Crippen molar-refractivity contribution in [3.63, 3.8) is 0 Å². The molecule has 0 saturated carbocycles. The summed E-state index contributed by atoms with van der Waals surface area (Å²) in [6.07, 6.45) is 0.137. The highest BCUT2D eigenvalue weighted by molar-refractivity contribution is 5.81. The average Bonchev–Trinajstić information content (AvgIpc) is 2.27. The van der Waals surface area contributed by atoms with Crippen molar-refractivity contribution in [1.29, 1.82) is 0 Å². The molecular weight excluding hydrogens is 230 g/mol. The van der Waals surface area contributed by atoms with Crippen LogP contribution < -0.4 is 10.1 Å². The van der Waals surface area contributed by atoms with Crippen molar-refractivity contribution < 1.29 is 14.3 Å². The number of hydrogen-bond donors (Lipinski definition) is 1. The molecule has 1 aromatic carbocycles. The molecule has 18 heavy (non-hydrogen) atoms. The van der Waals surface area contributed by atoms with Crippen LogP contribution in [0.4, 0.5) is 0 Å². The highest BCUT2D eigenvalue weighted by Crippen LogP contribution is 2.14. The fourth-order valence-electron chi connectivity index (χ4n) is 1.39. The van der Waals surface area contributed by atoms with Gasteiger partial charge < -0.3 is 10.1 Å². The normalized spacial score (nSPS) is 12.7. The van der Waals surface area contributed by atoms with Crippen molar-refractivity contribution in [3.05, 3.63) is 29.8 Å². The lowest BCUT2D eigenvalue weighted by Crippen LogP contribution is -2.46. The van der Waals surface area contributed by atoms with E-state index in [0.29, 0.717) is 11.3 Å². The van der Waals surface area contributed by atoms with Crippen LogP contribution in [-0.2, 0) is 4.79 Å². The van der Waals surface area contributed by atoms with Crippen molar-refractivity contribution in [2.75, 3.05) is 0 Å². The smallest absolute Gasteiger partial charge is 0.261 e. The van der Waals surface area contributed by atoms with Crippen LogP contribution >= 0.6 is 0 Å². The van der Waals surface area contributed by atoms with Crippen LogP contribution in [0.15, 0.2) is 24.3 Å². The van der Waals surface area contributed by atoms with Gasteiger partial charge in [-0.2, -0.15) is 0 Å². The molecule has 0 aliphatic heterocycles. The summed E-state index contributed by atoms with van der Waals surface area (Å²) < 4.78 is 5.49. The van der Waals surface area contributed by atoms with E-state index in [2.05, 4.69) is 5.32 Å².